The van der Waals surface area contributed by atoms with Gasteiger partial charge in [0.2, 0.25) is 5.91 Å². The quantitative estimate of drug-likeness (QED) is 0.924. The van der Waals surface area contributed by atoms with Gasteiger partial charge in [-0.1, -0.05) is 41.9 Å². The lowest BCUT2D eigenvalue weighted by Gasteiger charge is -2.33. The molecule has 2 aromatic rings. The molecule has 0 radical (unpaired) electrons. The van der Waals surface area contributed by atoms with E-state index in [-0.39, 0.29) is 11.8 Å². The van der Waals surface area contributed by atoms with E-state index in [1.165, 1.54) is 5.69 Å². The molecule has 1 amide bonds. The van der Waals surface area contributed by atoms with Gasteiger partial charge in [-0.3, -0.25) is 4.79 Å². The molecule has 0 unspecified atom stereocenters. The van der Waals surface area contributed by atoms with E-state index in [1.807, 2.05) is 30.3 Å². The molecule has 1 saturated heterocycles. The molecule has 0 aliphatic carbocycles. The van der Waals surface area contributed by atoms with Gasteiger partial charge >= 0.3 is 0 Å². The van der Waals surface area contributed by atoms with Gasteiger partial charge in [0, 0.05) is 36.3 Å². The summed E-state index contributed by atoms with van der Waals surface area (Å²) >= 11 is 5.87. The highest BCUT2D eigenvalue weighted by molar-refractivity contribution is 6.30. The summed E-state index contributed by atoms with van der Waals surface area (Å²) in [5, 5.41) is 3.76. The van der Waals surface area contributed by atoms with Crippen molar-refractivity contribution in [1.82, 2.24) is 5.32 Å². The number of hydrogen-bond acceptors (Lipinski definition) is 2. The van der Waals surface area contributed by atoms with E-state index in [1.54, 1.807) is 0 Å². The highest BCUT2D eigenvalue weighted by Crippen LogP contribution is 2.23. The number of nitrogens with one attached hydrogen (secondary N) is 1. The molecule has 0 saturated carbocycles. The van der Waals surface area contributed by atoms with Crippen molar-refractivity contribution in [2.24, 2.45) is 5.92 Å². The molecule has 1 N–H and O–H groups in total. The molecule has 3 rings (SSSR count). The number of para-hydroxylation sites is 1. The van der Waals surface area contributed by atoms with Gasteiger partial charge in [-0.15, -0.1) is 0 Å². The Morgan fingerprint density at radius 2 is 1.70 bits per heavy atom. The number of rotatable bonds is 4. The van der Waals surface area contributed by atoms with E-state index in [0.717, 1.165) is 31.5 Å². The fourth-order valence-electron chi connectivity index (χ4n) is 2.97. The molecule has 0 spiro atoms. The van der Waals surface area contributed by atoms with Crippen LogP contribution in [0.2, 0.25) is 5.02 Å². The molecule has 0 aromatic heterocycles. The summed E-state index contributed by atoms with van der Waals surface area (Å²) < 4.78 is 0. The second-order valence-electron chi connectivity index (χ2n) is 5.94. The molecule has 4 heteroatoms. The Hall–Kier alpha value is -2.00. The van der Waals surface area contributed by atoms with Gasteiger partial charge in [0.05, 0.1) is 0 Å². The molecule has 2 aromatic carbocycles. The molecule has 1 fully saturated rings. The van der Waals surface area contributed by atoms with Crippen molar-refractivity contribution in [3.8, 4) is 0 Å². The van der Waals surface area contributed by atoms with E-state index < -0.39 is 0 Å². The van der Waals surface area contributed by atoms with Gasteiger partial charge in [-0.2, -0.15) is 0 Å². The van der Waals surface area contributed by atoms with Crippen LogP contribution < -0.4 is 10.2 Å². The average molecular weight is 329 g/mol. The summed E-state index contributed by atoms with van der Waals surface area (Å²) in [6.07, 6.45) is 1.81. The number of halogens is 1. The molecular weight excluding hydrogens is 308 g/mol. The van der Waals surface area contributed by atoms with Crippen LogP contribution in [0.25, 0.3) is 0 Å². The van der Waals surface area contributed by atoms with Gasteiger partial charge in [-0.05, 0) is 42.7 Å². The van der Waals surface area contributed by atoms with Crippen molar-refractivity contribution in [1.29, 1.82) is 0 Å². The first-order valence-corrected chi connectivity index (χ1v) is 8.42. The fourth-order valence-corrected chi connectivity index (χ4v) is 3.10. The summed E-state index contributed by atoms with van der Waals surface area (Å²) in [4.78, 5) is 14.7. The largest absolute Gasteiger partial charge is 0.371 e. The molecule has 120 valence electrons. The topological polar surface area (TPSA) is 32.3 Å². The summed E-state index contributed by atoms with van der Waals surface area (Å²) in [7, 11) is 0. The van der Waals surface area contributed by atoms with Crippen LogP contribution in [0.4, 0.5) is 5.69 Å². The van der Waals surface area contributed by atoms with Crippen LogP contribution in [0, 0.1) is 5.92 Å². The number of nitrogens with zero attached hydrogens (tertiary/aromatic N) is 1. The number of hydrogen-bond donors (Lipinski definition) is 1. The predicted octanol–water partition coefficient (Wildman–Crippen LogP) is 3.87. The Balaban J connectivity index is 1.47. The molecule has 1 aliphatic heterocycles. The smallest absolute Gasteiger partial charge is 0.223 e. The third-order valence-electron chi connectivity index (χ3n) is 4.37. The number of carbonyl (C=O) groups excluding carboxylic acids is 1. The maximum absolute atomic E-state index is 12.3. The zero-order valence-electron chi connectivity index (χ0n) is 13.0. The van der Waals surface area contributed by atoms with E-state index in [4.69, 9.17) is 11.6 Å². The van der Waals surface area contributed by atoms with Crippen molar-refractivity contribution in [2.45, 2.75) is 19.4 Å². The zero-order valence-corrected chi connectivity index (χ0v) is 13.8. The van der Waals surface area contributed by atoms with Gasteiger partial charge in [0.15, 0.2) is 0 Å². The second-order valence-corrected chi connectivity index (χ2v) is 6.38. The first kappa shape index (κ1) is 15.9. The lowest BCUT2D eigenvalue weighted by atomic mass is 9.95. The number of amides is 1. The van der Waals surface area contributed by atoms with Crippen LogP contribution in [0.15, 0.2) is 54.6 Å². The van der Waals surface area contributed by atoms with Crippen molar-refractivity contribution in [3.05, 3.63) is 65.2 Å². The minimum absolute atomic E-state index is 0.113. The summed E-state index contributed by atoms with van der Waals surface area (Å²) in [6.45, 7) is 2.43. The minimum atomic E-state index is 0.113. The van der Waals surface area contributed by atoms with E-state index in [2.05, 4.69) is 34.5 Å². The standard InChI is InChI=1S/C19H21ClN2O/c20-17-8-6-15(7-9-17)14-21-19(23)16-10-12-22(13-11-16)18-4-2-1-3-5-18/h1-9,16H,10-14H2,(H,21,23). The normalized spacial score (nSPS) is 15.4. The Bertz CT molecular complexity index is 634. The predicted molar refractivity (Wildman–Crippen MR) is 94.7 cm³/mol. The first-order chi connectivity index (χ1) is 11.2. The average Bonchev–Trinajstić information content (AvgIpc) is 2.62. The van der Waals surface area contributed by atoms with Crippen LogP contribution in [-0.2, 0) is 11.3 Å². The fraction of sp³-hybridized carbons (Fsp3) is 0.316. The van der Waals surface area contributed by atoms with Gasteiger partial charge in [0.1, 0.15) is 0 Å². The second kappa shape index (κ2) is 7.51. The highest BCUT2D eigenvalue weighted by atomic mass is 35.5. The van der Waals surface area contributed by atoms with E-state index >= 15 is 0 Å². The molecule has 23 heavy (non-hydrogen) atoms. The van der Waals surface area contributed by atoms with Crippen LogP contribution in [0.1, 0.15) is 18.4 Å². The molecular formula is C19H21ClN2O. The van der Waals surface area contributed by atoms with Crippen LogP contribution in [0.5, 0.6) is 0 Å². The number of anilines is 1. The van der Waals surface area contributed by atoms with Gasteiger partial charge in [0.25, 0.3) is 0 Å². The van der Waals surface area contributed by atoms with Gasteiger partial charge < -0.3 is 10.2 Å². The first-order valence-electron chi connectivity index (χ1n) is 8.04. The molecule has 1 heterocycles. The van der Waals surface area contributed by atoms with Crippen LogP contribution in [0.3, 0.4) is 0 Å². The maximum atomic E-state index is 12.3. The molecule has 3 nitrogen and oxygen atoms in total. The third kappa shape index (κ3) is 4.26. The Kier molecular flexibility index (Phi) is 5.19. The third-order valence-corrected chi connectivity index (χ3v) is 4.62. The SMILES string of the molecule is O=C(NCc1ccc(Cl)cc1)C1CCN(c2ccccc2)CC1. The van der Waals surface area contributed by atoms with E-state index in [0.29, 0.717) is 11.6 Å². The van der Waals surface area contributed by atoms with Crippen molar-refractivity contribution in [3.63, 3.8) is 0 Å². The number of carbonyl (C=O) groups is 1. The summed E-state index contributed by atoms with van der Waals surface area (Å²) in [6, 6.07) is 18.0. The minimum Gasteiger partial charge on any atom is -0.371 e. The number of piperidine rings is 1. The van der Waals surface area contributed by atoms with Crippen molar-refractivity contribution < 1.29 is 4.79 Å². The zero-order chi connectivity index (χ0) is 16.1. The monoisotopic (exact) mass is 328 g/mol. The van der Waals surface area contributed by atoms with Crippen LogP contribution >= 0.6 is 11.6 Å². The summed E-state index contributed by atoms with van der Waals surface area (Å²) in [5.41, 5.74) is 2.32. The van der Waals surface area contributed by atoms with Crippen LogP contribution in [-0.4, -0.2) is 19.0 Å². The van der Waals surface area contributed by atoms with E-state index in [9.17, 15) is 4.79 Å². The maximum Gasteiger partial charge on any atom is 0.223 e. The lowest BCUT2D eigenvalue weighted by Crippen LogP contribution is -2.40. The van der Waals surface area contributed by atoms with Gasteiger partial charge in [-0.25, -0.2) is 0 Å². The number of benzene rings is 2. The molecule has 1 aliphatic rings. The Labute approximate surface area is 142 Å². The van der Waals surface area contributed by atoms with Crippen molar-refractivity contribution >= 4 is 23.2 Å². The molecule has 0 bridgehead atoms. The molecule has 0 atom stereocenters. The van der Waals surface area contributed by atoms with Crippen molar-refractivity contribution in [2.75, 3.05) is 18.0 Å². The lowest BCUT2D eigenvalue weighted by molar-refractivity contribution is -0.125. The highest BCUT2D eigenvalue weighted by Gasteiger charge is 2.24. The summed E-state index contributed by atoms with van der Waals surface area (Å²) in [5.74, 6) is 0.273. The Morgan fingerprint density at radius 1 is 1.04 bits per heavy atom. The Morgan fingerprint density at radius 3 is 2.35 bits per heavy atom.